The molecule has 0 radical (unpaired) electrons. The van der Waals surface area contributed by atoms with E-state index in [1.165, 1.54) is 7.11 Å². The van der Waals surface area contributed by atoms with Gasteiger partial charge in [0.15, 0.2) is 0 Å². The number of halogens is 2. The number of ether oxygens (including phenoxy) is 3. The van der Waals surface area contributed by atoms with Crippen LogP contribution in [0.2, 0.25) is 0 Å². The monoisotopic (exact) mass is 214 g/mol. The standard InChI is InChI=1S/C7H12F2O5/c1-12-2-3-13-4-5-14-7(8,9)6(10)11/h2-5H2,1H3,(H,10,11). The molecule has 0 amide bonds. The minimum Gasteiger partial charge on any atom is -0.475 e. The quantitative estimate of drug-likeness (QED) is 0.590. The molecule has 0 heterocycles. The van der Waals surface area contributed by atoms with E-state index in [0.717, 1.165) is 0 Å². The molecule has 0 aromatic heterocycles. The summed E-state index contributed by atoms with van der Waals surface area (Å²) in [6.07, 6.45) is -4.15. The Bertz CT molecular complexity index is 173. The molecular formula is C7H12F2O5. The molecular weight excluding hydrogens is 202 g/mol. The molecule has 0 fully saturated rings. The first-order valence-corrected chi connectivity index (χ1v) is 3.82. The third-order valence-corrected chi connectivity index (χ3v) is 1.19. The van der Waals surface area contributed by atoms with E-state index in [9.17, 15) is 13.6 Å². The zero-order valence-electron chi connectivity index (χ0n) is 7.66. The molecule has 0 aromatic rings. The van der Waals surface area contributed by atoms with E-state index in [1.807, 2.05) is 0 Å². The van der Waals surface area contributed by atoms with Gasteiger partial charge in [0.25, 0.3) is 0 Å². The van der Waals surface area contributed by atoms with Crippen LogP contribution in [-0.2, 0) is 19.0 Å². The first-order chi connectivity index (χ1) is 6.50. The molecule has 0 unspecified atom stereocenters. The summed E-state index contributed by atoms with van der Waals surface area (Å²) in [5.74, 6) is -2.31. The largest absolute Gasteiger partial charge is 0.475 e. The van der Waals surface area contributed by atoms with Gasteiger partial charge in [-0.15, -0.1) is 0 Å². The van der Waals surface area contributed by atoms with Crippen LogP contribution in [0.25, 0.3) is 0 Å². The van der Waals surface area contributed by atoms with Gasteiger partial charge in [-0.1, -0.05) is 0 Å². The second kappa shape index (κ2) is 6.63. The van der Waals surface area contributed by atoms with Crippen molar-refractivity contribution >= 4 is 5.97 Å². The second-order valence-electron chi connectivity index (χ2n) is 2.28. The van der Waals surface area contributed by atoms with Gasteiger partial charge in [-0.2, -0.15) is 8.78 Å². The maximum Gasteiger partial charge on any atom is 0.456 e. The van der Waals surface area contributed by atoms with Crippen molar-refractivity contribution in [2.45, 2.75) is 6.11 Å². The normalized spacial score (nSPS) is 11.6. The molecule has 1 N–H and O–H groups in total. The molecule has 0 bridgehead atoms. The zero-order chi connectivity index (χ0) is 11.0. The Kier molecular flexibility index (Phi) is 6.26. The third kappa shape index (κ3) is 5.79. The Morgan fingerprint density at radius 2 is 1.86 bits per heavy atom. The lowest BCUT2D eigenvalue weighted by Crippen LogP contribution is -2.32. The van der Waals surface area contributed by atoms with Crippen LogP contribution < -0.4 is 0 Å². The number of carboxylic acid groups (broad SMARTS) is 1. The second-order valence-corrected chi connectivity index (χ2v) is 2.28. The molecule has 5 nitrogen and oxygen atoms in total. The van der Waals surface area contributed by atoms with Crippen molar-refractivity contribution in [1.82, 2.24) is 0 Å². The SMILES string of the molecule is COCCOCCOC(F)(F)C(=O)O. The van der Waals surface area contributed by atoms with Crippen LogP contribution in [-0.4, -0.2) is 50.7 Å². The molecule has 0 saturated heterocycles. The van der Waals surface area contributed by atoms with Gasteiger partial charge in [0.2, 0.25) is 0 Å². The predicted molar refractivity (Wildman–Crippen MR) is 41.2 cm³/mol. The number of hydrogen-bond acceptors (Lipinski definition) is 4. The molecule has 0 aliphatic rings. The van der Waals surface area contributed by atoms with Crippen molar-refractivity contribution in [2.75, 3.05) is 33.5 Å². The number of hydrogen-bond donors (Lipinski definition) is 1. The van der Waals surface area contributed by atoms with Crippen LogP contribution in [0.15, 0.2) is 0 Å². The predicted octanol–water partition coefficient (Wildman–Crippen LogP) is 0.343. The highest BCUT2D eigenvalue weighted by Gasteiger charge is 2.40. The molecule has 0 saturated carbocycles. The molecule has 14 heavy (non-hydrogen) atoms. The summed E-state index contributed by atoms with van der Waals surface area (Å²) >= 11 is 0. The average Bonchev–Trinajstić information content (AvgIpc) is 2.10. The van der Waals surface area contributed by atoms with E-state index in [1.54, 1.807) is 0 Å². The summed E-state index contributed by atoms with van der Waals surface area (Å²) in [7, 11) is 1.47. The molecule has 7 heteroatoms. The Labute approximate surface area is 79.6 Å². The Hall–Kier alpha value is -0.790. The molecule has 84 valence electrons. The molecule has 0 spiro atoms. The van der Waals surface area contributed by atoms with Crippen LogP contribution in [0.3, 0.4) is 0 Å². The van der Waals surface area contributed by atoms with Gasteiger partial charge >= 0.3 is 12.1 Å². The first kappa shape index (κ1) is 13.2. The summed E-state index contributed by atoms with van der Waals surface area (Å²) in [5.41, 5.74) is 0. The lowest BCUT2D eigenvalue weighted by molar-refractivity contribution is -0.248. The van der Waals surface area contributed by atoms with Gasteiger partial charge in [0.1, 0.15) is 0 Å². The van der Waals surface area contributed by atoms with E-state index in [4.69, 9.17) is 9.84 Å². The summed E-state index contributed by atoms with van der Waals surface area (Å²) in [4.78, 5) is 9.85. The van der Waals surface area contributed by atoms with Gasteiger partial charge in [-0.3, -0.25) is 0 Å². The summed E-state index contributed by atoms with van der Waals surface area (Å²) in [5, 5.41) is 7.95. The first-order valence-electron chi connectivity index (χ1n) is 3.82. The van der Waals surface area contributed by atoms with Crippen molar-refractivity contribution in [3.8, 4) is 0 Å². The number of carboxylic acids is 1. The lowest BCUT2D eigenvalue weighted by atomic mass is 10.6. The highest BCUT2D eigenvalue weighted by molar-refractivity contribution is 5.73. The molecule has 0 atom stereocenters. The fourth-order valence-electron chi connectivity index (χ4n) is 0.535. The highest BCUT2D eigenvalue weighted by Crippen LogP contribution is 2.14. The van der Waals surface area contributed by atoms with Crippen molar-refractivity contribution in [3.05, 3.63) is 0 Å². The van der Waals surface area contributed by atoms with E-state index < -0.39 is 18.7 Å². The summed E-state index contributed by atoms with van der Waals surface area (Å²) in [6.45, 7) is 0.00305. The van der Waals surface area contributed by atoms with Crippen LogP contribution in [0.5, 0.6) is 0 Å². The van der Waals surface area contributed by atoms with Crippen molar-refractivity contribution < 1.29 is 32.9 Å². The maximum atomic E-state index is 12.2. The topological polar surface area (TPSA) is 65.0 Å². The summed E-state index contributed by atoms with van der Waals surface area (Å²) < 4.78 is 37.6. The number of carbonyl (C=O) groups is 1. The third-order valence-electron chi connectivity index (χ3n) is 1.19. The number of rotatable bonds is 8. The molecule has 0 aliphatic carbocycles. The fraction of sp³-hybridized carbons (Fsp3) is 0.857. The van der Waals surface area contributed by atoms with Crippen LogP contribution in [0.1, 0.15) is 0 Å². The Morgan fingerprint density at radius 1 is 1.29 bits per heavy atom. The molecule has 0 rings (SSSR count). The lowest BCUT2D eigenvalue weighted by Gasteiger charge is -2.11. The van der Waals surface area contributed by atoms with E-state index in [2.05, 4.69) is 9.47 Å². The number of methoxy groups -OCH3 is 1. The van der Waals surface area contributed by atoms with Gasteiger partial charge < -0.3 is 19.3 Å². The van der Waals surface area contributed by atoms with Crippen molar-refractivity contribution in [1.29, 1.82) is 0 Å². The summed E-state index contributed by atoms with van der Waals surface area (Å²) in [6, 6.07) is 0. The Morgan fingerprint density at radius 3 is 2.36 bits per heavy atom. The Balaban J connectivity index is 3.40. The van der Waals surface area contributed by atoms with E-state index in [-0.39, 0.29) is 13.2 Å². The van der Waals surface area contributed by atoms with Crippen LogP contribution in [0.4, 0.5) is 8.78 Å². The van der Waals surface area contributed by atoms with E-state index >= 15 is 0 Å². The number of aliphatic carboxylic acids is 1. The fourth-order valence-corrected chi connectivity index (χ4v) is 0.535. The van der Waals surface area contributed by atoms with Crippen molar-refractivity contribution in [2.24, 2.45) is 0 Å². The van der Waals surface area contributed by atoms with Gasteiger partial charge in [-0.25, -0.2) is 4.79 Å². The number of alkyl halides is 2. The molecule has 0 aromatic carbocycles. The maximum absolute atomic E-state index is 12.2. The van der Waals surface area contributed by atoms with E-state index in [0.29, 0.717) is 6.61 Å². The van der Waals surface area contributed by atoms with Crippen LogP contribution in [0, 0.1) is 0 Å². The van der Waals surface area contributed by atoms with Gasteiger partial charge in [-0.05, 0) is 0 Å². The minimum absolute atomic E-state index is 0.105. The van der Waals surface area contributed by atoms with Crippen LogP contribution >= 0.6 is 0 Å². The average molecular weight is 214 g/mol. The van der Waals surface area contributed by atoms with Gasteiger partial charge in [0.05, 0.1) is 26.4 Å². The molecule has 0 aliphatic heterocycles. The van der Waals surface area contributed by atoms with Crippen molar-refractivity contribution in [3.63, 3.8) is 0 Å². The van der Waals surface area contributed by atoms with Gasteiger partial charge in [0, 0.05) is 7.11 Å². The smallest absolute Gasteiger partial charge is 0.456 e. The zero-order valence-corrected chi connectivity index (χ0v) is 7.66. The highest BCUT2D eigenvalue weighted by atomic mass is 19.3. The minimum atomic E-state index is -4.15.